The Hall–Kier alpha value is -2.32. The normalized spacial score (nSPS) is 23.5. The smallest absolute Gasteiger partial charge is 0.244 e. The van der Waals surface area contributed by atoms with Crippen LogP contribution in [0.2, 0.25) is 5.02 Å². The largest absolute Gasteiger partial charge is 0.490 e. The molecular formula is C27H26ClNO4S2. The zero-order valence-corrected chi connectivity index (χ0v) is 21.7. The summed E-state index contributed by atoms with van der Waals surface area (Å²) in [5.74, 6) is 0.401. The number of carbonyl (C=O) groups is 2. The van der Waals surface area contributed by atoms with Gasteiger partial charge in [0.2, 0.25) is 5.91 Å². The SMILES string of the molecule is CN1C(=O)C(Sc2ccccc2Cl)C(=O)CC1(c1ccsc1)c1cccc(OC2CCOCC2)c1. The van der Waals surface area contributed by atoms with E-state index in [9.17, 15) is 9.59 Å². The Labute approximate surface area is 218 Å². The minimum absolute atomic E-state index is 0.0971. The Morgan fingerprint density at radius 1 is 1.09 bits per heavy atom. The molecule has 3 heterocycles. The van der Waals surface area contributed by atoms with Crippen LogP contribution in [0.3, 0.4) is 0 Å². The van der Waals surface area contributed by atoms with E-state index >= 15 is 0 Å². The van der Waals surface area contributed by atoms with Crippen LogP contribution in [0.25, 0.3) is 0 Å². The van der Waals surface area contributed by atoms with Crippen molar-refractivity contribution in [2.24, 2.45) is 0 Å². The molecular weight excluding hydrogens is 502 g/mol. The lowest BCUT2D eigenvalue weighted by molar-refractivity contribution is -0.144. The molecule has 2 aliphatic heterocycles. The molecule has 5 rings (SSSR count). The van der Waals surface area contributed by atoms with Gasteiger partial charge in [-0.2, -0.15) is 11.3 Å². The number of rotatable bonds is 6. The summed E-state index contributed by atoms with van der Waals surface area (Å²) in [6.07, 6.45) is 1.96. The van der Waals surface area contributed by atoms with Gasteiger partial charge in [0.25, 0.3) is 0 Å². The molecule has 2 fully saturated rings. The average Bonchev–Trinajstić information content (AvgIpc) is 3.41. The van der Waals surface area contributed by atoms with Crippen LogP contribution in [0.15, 0.2) is 70.3 Å². The van der Waals surface area contributed by atoms with E-state index in [2.05, 4.69) is 0 Å². The Morgan fingerprint density at radius 3 is 2.63 bits per heavy atom. The van der Waals surface area contributed by atoms with E-state index in [4.69, 9.17) is 21.1 Å². The van der Waals surface area contributed by atoms with E-state index in [1.54, 1.807) is 29.4 Å². The quantitative estimate of drug-likeness (QED) is 0.379. The molecule has 0 N–H and O–H groups in total. The third-order valence-electron chi connectivity index (χ3n) is 6.71. The van der Waals surface area contributed by atoms with Gasteiger partial charge in [0.1, 0.15) is 22.6 Å². The number of hydrogen-bond acceptors (Lipinski definition) is 6. The van der Waals surface area contributed by atoms with E-state index in [1.807, 2.05) is 59.3 Å². The number of nitrogens with zero attached hydrogens (tertiary/aromatic N) is 1. The number of ether oxygens (including phenoxy) is 2. The van der Waals surface area contributed by atoms with Crippen LogP contribution in [0.5, 0.6) is 5.75 Å². The van der Waals surface area contributed by atoms with Crippen LogP contribution in [0.1, 0.15) is 30.4 Å². The highest BCUT2D eigenvalue weighted by molar-refractivity contribution is 8.01. The van der Waals surface area contributed by atoms with Gasteiger partial charge in [-0.1, -0.05) is 35.9 Å². The van der Waals surface area contributed by atoms with Gasteiger partial charge in [-0.25, -0.2) is 0 Å². The number of ketones is 1. The first-order chi connectivity index (χ1) is 17.0. The molecule has 0 spiro atoms. The number of amides is 1. The highest BCUT2D eigenvalue weighted by Gasteiger charge is 2.51. The predicted molar refractivity (Wildman–Crippen MR) is 140 cm³/mol. The summed E-state index contributed by atoms with van der Waals surface area (Å²) in [5, 5.41) is 3.69. The van der Waals surface area contributed by atoms with Crippen LogP contribution in [-0.4, -0.2) is 48.2 Å². The zero-order chi connectivity index (χ0) is 24.4. The molecule has 0 bridgehead atoms. The maximum atomic E-state index is 13.7. The van der Waals surface area contributed by atoms with E-state index in [-0.39, 0.29) is 24.2 Å². The van der Waals surface area contributed by atoms with E-state index in [0.717, 1.165) is 34.6 Å². The number of thiophene rings is 1. The maximum absolute atomic E-state index is 13.7. The summed E-state index contributed by atoms with van der Waals surface area (Å²) in [4.78, 5) is 29.8. The van der Waals surface area contributed by atoms with E-state index < -0.39 is 10.8 Å². The number of Topliss-reactive ketones (excluding diaryl/α,β-unsaturated/α-hetero) is 1. The van der Waals surface area contributed by atoms with Crippen LogP contribution in [0, 0.1) is 0 Å². The summed E-state index contributed by atoms with van der Waals surface area (Å²) >= 11 is 9.10. The highest BCUT2D eigenvalue weighted by atomic mass is 35.5. The first kappa shape index (κ1) is 24.4. The Balaban J connectivity index is 1.50. The second kappa shape index (κ2) is 10.3. The van der Waals surface area contributed by atoms with Crippen LogP contribution in [-0.2, 0) is 19.9 Å². The summed E-state index contributed by atoms with van der Waals surface area (Å²) in [5.41, 5.74) is 0.891. The molecule has 1 aromatic heterocycles. The fraction of sp³-hybridized carbons (Fsp3) is 0.333. The minimum Gasteiger partial charge on any atom is -0.490 e. The van der Waals surface area contributed by atoms with Gasteiger partial charge in [-0.05, 0) is 52.2 Å². The van der Waals surface area contributed by atoms with Gasteiger partial charge >= 0.3 is 0 Å². The fourth-order valence-corrected chi connectivity index (χ4v) is 6.88. The van der Waals surface area contributed by atoms with Crippen molar-refractivity contribution in [3.8, 4) is 5.75 Å². The average molecular weight is 528 g/mol. The molecule has 2 atom stereocenters. The van der Waals surface area contributed by atoms with Crippen LogP contribution < -0.4 is 4.74 Å². The van der Waals surface area contributed by atoms with Crippen molar-refractivity contribution in [1.82, 2.24) is 4.90 Å². The van der Waals surface area contributed by atoms with Gasteiger partial charge in [-0.3, -0.25) is 9.59 Å². The molecule has 1 amide bonds. The summed E-state index contributed by atoms with van der Waals surface area (Å²) in [7, 11) is 1.79. The van der Waals surface area contributed by atoms with Gasteiger partial charge in [0, 0.05) is 31.2 Å². The minimum atomic E-state index is -0.902. The molecule has 0 aliphatic carbocycles. The number of likely N-dealkylation sites (tertiary alicyclic amines) is 1. The number of thioether (sulfide) groups is 1. The summed E-state index contributed by atoms with van der Waals surface area (Å²) in [6.45, 7) is 1.39. The topological polar surface area (TPSA) is 55.8 Å². The number of benzene rings is 2. The summed E-state index contributed by atoms with van der Waals surface area (Å²) < 4.78 is 11.7. The molecule has 0 saturated carbocycles. The molecule has 2 unspecified atom stereocenters. The van der Waals surface area contributed by atoms with Gasteiger partial charge in [-0.15, -0.1) is 11.8 Å². The van der Waals surface area contributed by atoms with E-state index in [1.165, 1.54) is 11.8 Å². The predicted octanol–water partition coefficient (Wildman–Crippen LogP) is 5.80. The Kier molecular flexibility index (Phi) is 7.21. The maximum Gasteiger partial charge on any atom is 0.244 e. The molecule has 5 nitrogen and oxygen atoms in total. The second-order valence-electron chi connectivity index (χ2n) is 8.80. The molecule has 0 radical (unpaired) electrons. The van der Waals surface area contributed by atoms with Crippen molar-refractivity contribution in [3.05, 3.63) is 81.5 Å². The fourth-order valence-electron chi connectivity index (χ4n) is 4.82. The van der Waals surface area contributed by atoms with Crippen LogP contribution >= 0.6 is 34.7 Å². The van der Waals surface area contributed by atoms with Crippen molar-refractivity contribution < 1.29 is 19.1 Å². The lowest BCUT2D eigenvalue weighted by Gasteiger charge is -2.47. The van der Waals surface area contributed by atoms with Gasteiger partial charge in [0.15, 0.2) is 5.78 Å². The third kappa shape index (κ3) is 4.75. The standard InChI is InChI=1S/C27H26ClNO4S2/c1-29-26(31)25(35-24-8-3-2-7-22(24)28)23(30)16-27(29,19-11-14-34-17-19)18-5-4-6-21(15-18)33-20-9-12-32-13-10-20/h2-8,11,14-15,17,20,25H,9-10,12-13,16H2,1H3. The van der Waals surface area contributed by atoms with Crippen molar-refractivity contribution >= 4 is 46.4 Å². The third-order valence-corrected chi connectivity index (χ3v) is 9.15. The van der Waals surface area contributed by atoms with Gasteiger partial charge in [0.05, 0.1) is 18.2 Å². The molecule has 3 aromatic rings. The van der Waals surface area contributed by atoms with Crippen molar-refractivity contribution in [2.75, 3.05) is 20.3 Å². The number of halogens is 1. The molecule has 2 aliphatic rings. The first-order valence-electron chi connectivity index (χ1n) is 11.6. The Bertz CT molecular complexity index is 1210. The highest BCUT2D eigenvalue weighted by Crippen LogP contribution is 2.46. The van der Waals surface area contributed by atoms with E-state index in [0.29, 0.717) is 18.2 Å². The number of hydrogen-bond donors (Lipinski definition) is 0. The van der Waals surface area contributed by atoms with Crippen LogP contribution in [0.4, 0.5) is 0 Å². The monoisotopic (exact) mass is 527 g/mol. The second-order valence-corrected chi connectivity index (χ2v) is 11.1. The Morgan fingerprint density at radius 2 is 1.89 bits per heavy atom. The van der Waals surface area contributed by atoms with Crippen molar-refractivity contribution in [1.29, 1.82) is 0 Å². The van der Waals surface area contributed by atoms with Gasteiger partial charge < -0.3 is 14.4 Å². The zero-order valence-electron chi connectivity index (χ0n) is 19.3. The van der Waals surface area contributed by atoms with Crippen molar-refractivity contribution in [2.45, 2.75) is 41.1 Å². The molecule has 35 heavy (non-hydrogen) atoms. The molecule has 8 heteroatoms. The molecule has 2 aromatic carbocycles. The molecule has 2 saturated heterocycles. The number of piperidine rings is 1. The molecule has 182 valence electrons. The summed E-state index contributed by atoms with van der Waals surface area (Å²) in [6, 6.07) is 17.1. The number of carbonyl (C=O) groups excluding carboxylic acids is 2. The lowest BCUT2D eigenvalue weighted by Crippen LogP contribution is -2.58. The van der Waals surface area contributed by atoms with Crippen molar-refractivity contribution in [3.63, 3.8) is 0 Å². The first-order valence-corrected chi connectivity index (χ1v) is 13.8. The lowest BCUT2D eigenvalue weighted by atomic mass is 9.75.